The van der Waals surface area contributed by atoms with Gasteiger partial charge in [0, 0.05) is 25.1 Å². The lowest BCUT2D eigenvalue weighted by atomic mass is 10.0. The number of ether oxygens (including phenoxy) is 1. The number of hydrogen-bond acceptors (Lipinski definition) is 4. The van der Waals surface area contributed by atoms with Crippen LogP contribution >= 0.6 is 0 Å². The molecule has 0 amide bonds. The van der Waals surface area contributed by atoms with Crippen molar-refractivity contribution in [2.75, 3.05) is 26.7 Å². The van der Waals surface area contributed by atoms with Gasteiger partial charge >= 0.3 is 0 Å². The minimum Gasteiger partial charge on any atom is -0.490 e. The van der Waals surface area contributed by atoms with E-state index in [1.54, 1.807) is 30.3 Å². The highest BCUT2D eigenvalue weighted by molar-refractivity contribution is 5.96. The van der Waals surface area contributed by atoms with Gasteiger partial charge in [-0.05, 0) is 45.2 Å². The van der Waals surface area contributed by atoms with Crippen molar-refractivity contribution in [2.45, 2.75) is 26.4 Å². The predicted molar refractivity (Wildman–Crippen MR) is 103 cm³/mol. The van der Waals surface area contributed by atoms with Gasteiger partial charge in [-0.1, -0.05) is 29.9 Å². The molecule has 1 N–H and O–H groups in total. The van der Waals surface area contributed by atoms with Gasteiger partial charge in [-0.3, -0.25) is 9.69 Å². The molecule has 0 aliphatic heterocycles. The van der Waals surface area contributed by atoms with Gasteiger partial charge in [0.15, 0.2) is 5.78 Å². The summed E-state index contributed by atoms with van der Waals surface area (Å²) in [5.74, 6) is 0.632. The van der Waals surface area contributed by atoms with E-state index in [0.717, 1.165) is 18.7 Å². The number of ketones is 1. The van der Waals surface area contributed by atoms with Gasteiger partial charge in [-0.15, -0.1) is 6.58 Å². The molecule has 1 aromatic carbocycles. The van der Waals surface area contributed by atoms with Crippen LogP contribution in [0.4, 0.5) is 0 Å². The molecule has 0 fully saturated rings. The molecule has 4 heteroatoms. The Morgan fingerprint density at radius 2 is 1.92 bits per heavy atom. The van der Waals surface area contributed by atoms with E-state index in [0.29, 0.717) is 17.9 Å². The monoisotopic (exact) mass is 343 g/mol. The lowest BCUT2D eigenvalue weighted by Gasteiger charge is -2.10. The predicted octanol–water partition coefficient (Wildman–Crippen LogP) is 3.64. The fourth-order valence-corrected chi connectivity index (χ4v) is 2.25. The number of aliphatic hydroxyl groups is 1. The van der Waals surface area contributed by atoms with Gasteiger partial charge in [0.2, 0.25) is 0 Å². The molecule has 0 spiro atoms. The summed E-state index contributed by atoms with van der Waals surface area (Å²) in [6.07, 6.45) is 6.92. The Hall–Kier alpha value is -2.17. The summed E-state index contributed by atoms with van der Waals surface area (Å²) in [5.41, 5.74) is 1.57. The SMILES string of the molecule is C=CCN(C)CC=CCOc1ccc(C(=O)CC(O)C=C(C)C)cc1. The first-order valence-corrected chi connectivity index (χ1v) is 8.46. The molecule has 0 saturated carbocycles. The van der Waals surface area contributed by atoms with E-state index in [4.69, 9.17) is 4.74 Å². The number of aliphatic hydroxyl groups excluding tert-OH is 1. The summed E-state index contributed by atoms with van der Waals surface area (Å²) in [6.45, 7) is 9.67. The number of rotatable bonds is 11. The van der Waals surface area contributed by atoms with Crippen molar-refractivity contribution in [3.63, 3.8) is 0 Å². The number of allylic oxidation sites excluding steroid dienone is 1. The number of carbonyl (C=O) groups is 1. The van der Waals surface area contributed by atoms with Gasteiger partial charge in [-0.2, -0.15) is 0 Å². The highest BCUT2D eigenvalue weighted by Crippen LogP contribution is 2.14. The molecule has 1 unspecified atom stereocenters. The van der Waals surface area contributed by atoms with Crippen LogP contribution in [0.3, 0.4) is 0 Å². The van der Waals surface area contributed by atoms with Crippen LogP contribution in [0.5, 0.6) is 5.75 Å². The molecule has 0 aromatic heterocycles. The number of hydrogen-bond donors (Lipinski definition) is 1. The summed E-state index contributed by atoms with van der Waals surface area (Å²) in [5, 5.41) is 9.81. The molecule has 25 heavy (non-hydrogen) atoms. The molecule has 1 aromatic rings. The van der Waals surface area contributed by atoms with Gasteiger partial charge in [-0.25, -0.2) is 0 Å². The summed E-state index contributed by atoms with van der Waals surface area (Å²) < 4.78 is 5.62. The van der Waals surface area contributed by atoms with Crippen LogP contribution in [-0.4, -0.2) is 48.6 Å². The quantitative estimate of drug-likeness (QED) is 0.492. The van der Waals surface area contributed by atoms with E-state index in [1.165, 1.54) is 0 Å². The molecule has 0 saturated heterocycles. The summed E-state index contributed by atoms with van der Waals surface area (Å²) >= 11 is 0. The standard InChI is InChI=1S/C21H29NO3/c1-5-12-22(4)13-6-7-14-25-20-10-8-18(9-11-20)21(24)16-19(23)15-17(2)3/h5-11,15,19,23H,1,12-14,16H2,2-4H3. The van der Waals surface area contributed by atoms with Crippen molar-refractivity contribution in [1.29, 1.82) is 0 Å². The molecule has 0 aliphatic carbocycles. The topological polar surface area (TPSA) is 49.8 Å². The van der Waals surface area contributed by atoms with Crippen molar-refractivity contribution < 1.29 is 14.6 Å². The van der Waals surface area contributed by atoms with Crippen LogP contribution < -0.4 is 4.74 Å². The highest BCUT2D eigenvalue weighted by Gasteiger charge is 2.11. The Bertz CT molecular complexity index is 598. The Morgan fingerprint density at radius 1 is 1.24 bits per heavy atom. The largest absolute Gasteiger partial charge is 0.490 e. The van der Waals surface area contributed by atoms with Crippen LogP contribution in [0.15, 0.2) is 60.7 Å². The first kappa shape index (κ1) is 20.9. The summed E-state index contributed by atoms with van der Waals surface area (Å²) in [7, 11) is 2.02. The fraction of sp³-hybridized carbons (Fsp3) is 0.381. The van der Waals surface area contributed by atoms with Crippen molar-refractivity contribution in [1.82, 2.24) is 4.90 Å². The molecule has 0 bridgehead atoms. The number of likely N-dealkylation sites (N-methyl/N-ethyl adjacent to an activating group) is 1. The van der Waals surface area contributed by atoms with Crippen LogP contribution in [0.25, 0.3) is 0 Å². The number of nitrogens with zero attached hydrogens (tertiary/aromatic N) is 1. The molecule has 1 atom stereocenters. The lowest BCUT2D eigenvalue weighted by Crippen LogP contribution is -2.17. The van der Waals surface area contributed by atoms with Crippen molar-refractivity contribution in [3.05, 3.63) is 66.3 Å². The van der Waals surface area contributed by atoms with E-state index in [9.17, 15) is 9.90 Å². The maximum absolute atomic E-state index is 12.1. The number of carbonyl (C=O) groups excluding carboxylic acids is 1. The van der Waals surface area contributed by atoms with E-state index in [1.807, 2.05) is 39.1 Å². The molecule has 136 valence electrons. The first-order chi connectivity index (χ1) is 11.9. The molecule has 0 aliphatic rings. The molecule has 1 rings (SSSR count). The fourth-order valence-electron chi connectivity index (χ4n) is 2.25. The normalized spacial score (nSPS) is 12.2. The third-order valence-corrected chi connectivity index (χ3v) is 3.47. The van der Waals surface area contributed by atoms with Gasteiger partial charge in [0.25, 0.3) is 0 Å². The van der Waals surface area contributed by atoms with E-state index >= 15 is 0 Å². The second-order valence-corrected chi connectivity index (χ2v) is 6.26. The minimum atomic E-state index is -0.738. The zero-order chi connectivity index (χ0) is 18.7. The van der Waals surface area contributed by atoms with Crippen LogP contribution in [0.1, 0.15) is 30.6 Å². The summed E-state index contributed by atoms with van der Waals surface area (Å²) in [6, 6.07) is 7.01. The molecule has 0 heterocycles. The highest BCUT2D eigenvalue weighted by atomic mass is 16.5. The molecular formula is C21H29NO3. The molecule has 0 radical (unpaired) electrons. The number of Topliss-reactive ketones (excluding diaryl/α,β-unsaturated/α-hetero) is 1. The van der Waals surface area contributed by atoms with Crippen molar-refractivity contribution in [3.8, 4) is 5.75 Å². The maximum Gasteiger partial charge on any atom is 0.165 e. The minimum absolute atomic E-state index is 0.0818. The van der Waals surface area contributed by atoms with Crippen molar-refractivity contribution >= 4 is 5.78 Å². The summed E-state index contributed by atoms with van der Waals surface area (Å²) in [4.78, 5) is 14.2. The third kappa shape index (κ3) is 9.03. The maximum atomic E-state index is 12.1. The Kier molecular flexibility index (Phi) is 9.51. The first-order valence-electron chi connectivity index (χ1n) is 8.46. The zero-order valence-electron chi connectivity index (χ0n) is 15.4. The smallest absolute Gasteiger partial charge is 0.165 e. The Morgan fingerprint density at radius 3 is 2.52 bits per heavy atom. The van der Waals surface area contributed by atoms with Crippen molar-refractivity contribution in [2.24, 2.45) is 0 Å². The lowest BCUT2D eigenvalue weighted by molar-refractivity contribution is 0.0922. The Balaban J connectivity index is 2.43. The van der Waals surface area contributed by atoms with Crippen LogP contribution in [0, 0.1) is 0 Å². The third-order valence-electron chi connectivity index (χ3n) is 3.47. The Labute approximate surface area is 151 Å². The van der Waals surface area contributed by atoms with E-state index in [-0.39, 0.29) is 12.2 Å². The van der Waals surface area contributed by atoms with Crippen LogP contribution in [-0.2, 0) is 0 Å². The van der Waals surface area contributed by atoms with Gasteiger partial charge in [0.1, 0.15) is 12.4 Å². The number of benzene rings is 1. The van der Waals surface area contributed by atoms with E-state index in [2.05, 4.69) is 11.5 Å². The molecule has 4 nitrogen and oxygen atoms in total. The molecular weight excluding hydrogens is 314 g/mol. The van der Waals surface area contributed by atoms with Gasteiger partial charge in [0.05, 0.1) is 6.10 Å². The second kappa shape index (κ2) is 11.4. The van der Waals surface area contributed by atoms with Crippen LogP contribution in [0.2, 0.25) is 0 Å². The van der Waals surface area contributed by atoms with Gasteiger partial charge < -0.3 is 9.84 Å². The zero-order valence-corrected chi connectivity index (χ0v) is 15.4. The average molecular weight is 343 g/mol. The second-order valence-electron chi connectivity index (χ2n) is 6.26. The van der Waals surface area contributed by atoms with E-state index < -0.39 is 6.10 Å². The average Bonchev–Trinajstić information content (AvgIpc) is 2.54.